The van der Waals surface area contributed by atoms with Crippen LogP contribution in [0.4, 0.5) is 15.0 Å². The van der Waals surface area contributed by atoms with Crippen LogP contribution in [0.2, 0.25) is 10.4 Å². The lowest BCUT2D eigenvalue weighted by Crippen LogP contribution is -2.57. The third kappa shape index (κ3) is 2.32. The Labute approximate surface area is 146 Å². The smallest absolute Gasteiger partial charge is 0.407 e. The number of aromatic nitrogens is 3. The Kier molecular flexibility index (Phi) is 3.43. The molecule has 10 heteroatoms. The molecule has 0 aromatic carbocycles. The monoisotopic (exact) mass is 371 g/mol. The summed E-state index contributed by atoms with van der Waals surface area (Å²) in [5.41, 5.74) is -0.387. The van der Waals surface area contributed by atoms with Crippen LogP contribution in [0.1, 0.15) is 12.8 Å². The lowest BCUT2D eigenvalue weighted by atomic mass is 10.1. The van der Waals surface area contributed by atoms with Gasteiger partial charge in [-0.2, -0.15) is 4.98 Å². The van der Waals surface area contributed by atoms with E-state index in [2.05, 4.69) is 15.0 Å². The zero-order valence-corrected chi connectivity index (χ0v) is 13.9. The highest BCUT2D eigenvalue weighted by atomic mass is 35.5. The third-order valence-corrected chi connectivity index (χ3v) is 5.04. The Bertz CT molecular complexity index is 861. The fourth-order valence-electron chi connectivity index (χ4n) is 3.26. The van der Waals surface area contributed by atoms with Crippen molar-refractivity contribution in [3.8, 4) is 0 Å². The molecule has 2 aromatic heterocycles. The van der Waals surface area contributed by atoms with Crippen molar-refractivity contribution in [3.05, 3.63) is 22.5 Å². The molecular formula is C14H12Cl2FN5O2. The minimum Gasteiger partial charge on any atom is -0.465 e. The molecule has 24 heavy (non-hydrogen) atoms. The summed E-state index contributed by atoms with van der Waals surface area (Å²) in [6.07, 6.45) is 2.09. The summed E-state index contributed by atoms with van der Waals surface area (Å²) < 4.78 is 14.2. The highest BCUT2D eigenvalue weighted by molar-refractivity contribution is 6.30. The van der Waals surface area contributed by atoms with Gasteiger partial charge in [0.05, 0.1) is 10.9 Å². The van der Waals surface area contributed by atoms with Gasteiger partial charge in [-0.1, -0.05) is 11.6 Å². The first-order valence-electron chi connectivity index (χ1n) is 7.34. The molecule has 4 rings (SSSR count). The largest absolute Gasteiger partial charge is 0.465 e. The van der Waals surface area contributed by atoms with Crippen molar-refractivity contribution in [1.82, 2.24) is 19.9 Å². The summed E-state index contributed by atoms with van der Waals surface area (Å²) in [5.74, 6) is -0.297. The number of nitrogens with zero attached hydrogens (tertiary/aromatic N) is 5. The second kappa shape index (κ2) is 5.29. The Balaban J connectivity index is 1.78. The molecule has 0 atom stereocenters. The third-order valence-electron chi connectivity index (χ3n) is 4.60. The number of halogens is 3. The number of hydrogen-bond donors (Lipinski definition) is 1. The summed E-state index contributed by atoms with van der Waals surface area (Å²) in [7, 11) is 0. The highest BCUT2D eigenvalue weighted by Gasteiger charge is 2.53. The van der Waals surface area contributed by atoms with Crippen molar-refractivity contribution in [2.75, 3.05) is 24.5 Å². The van der Waals surface area contributed by atoms with E-state index in [1.165, 1.54) is 11.1 Å². The molecule has 0 radical (unpaired) electrons. The van der Waals surface area contributed by atoms with Crippen molar-refractivity contribution < 1.29 is 14.3 Å². The number of fused-ring (bicyclic) bond motifs is 1. The van der Waals surface area contributed by atoms with Crippen LogP contribution in [-0.4, -0.2) is 56.2 Å². The number of anilines is 1. The lowest BCUT2D eigenvalue weighted by molar-refractivity contribution is 0.110. The van der Waals surface area contributed by atoms with Gasteiger partial charge >= 0.3 is 6.09 Å². The van der Waals surface area contributed by atoms with Gasteiger partial charge in [-0.05, 0) is 24.4 Å². The SMILES string of the molecule is O=C(O)N1CCN(c2nc(Cl)nc3c(F)c(Cl)ncc23)CC12CC2. The van der Waals surface area contributed by atoms with E-state index in [0.717, 1.165) is 12.8 Å². The van der Waals surface area contributed by atoms with E-state index in [1.54, 1.807) is 0 Å². The van der Waals surface area contributed by atoms with Gasteiger partial charge in [0.15, 0.2) is 11.0 Å². The van der Waals surface area contributed by atoms with Gasteiger partial charge in [-0.15, -0.1) is 0 Å². The molecule has 0 unspecified atom stereocenters. The maximum Gasteiger partial charge on any atom is 0.407 e. The van der Waals surface area contributed by atoms with Gasteiger partial charge in [0.25, 0.3) is 0 Å². The van der Waals surface area contributed by atoms with Crippen molar-refractivity contribution in [2.45, 2.75) is 18.4 Å². The summed E-state index contributed by atoms with van der Waals surface area (Å²) >= 11 is 11.7. The summed E-state index contributed by atoms with van der Waals surface area (Å²) in [4.78, 5) is 26.7. The van der Waals surface area contributed by atoms with Gasteiger partial charge < -0.3 is 10.0 Å². The molecule has 7 nitrogen and oxygen atoms in total. The van der Waals surface area contributed by atoms with Gasteiger partial charge in [0.2, 0.25) is 5.28 Å². The van der Waals surface area contributed by atoms with E-state index in [9.17, 15) is 14.3 Å². The van der Waals surface area contributed by atoms with E-state index in [0.29, 0.717) is 30.8 Å². The molecule has 1 saturated carbocycles. The molecule has 0 bridgehead atoms. The van der Waals surface area contributed by atoms with E-state index in [1.807, 2.05) is 4.90 Å². The summed E-state index contributed by atoms with van der Waals surface area (Å²) in [6.45, 7) is 1.26. The van der Waals surface area contributed by atoms with Crippen molar-refractivity contribution in [2.24, 2.45) is 0 Å². The van der Waals surface area contributed by atoms with Crippen molar-refractivity contribution in [3.63, 3.8) is 0 Å². The molecule has 126 valence electrons. The standard InChI is InChI=1S/C14H12Cl2FN5O2/c15-10-8(17)9-7(5-18-10)11(20-12(16)19-9)21-3-4-22(13(23)24)14(6-21)1-2-14/h5H,1-4,6H2,(H,23,24). The number of carboxylic acid groups (broad SMARTS) is 1. The van der Waals surface area contributed by atoms with Crippen LogP contribution in [-0.2, 0) is 0 Å². The topological polar surface area (TPSA) is 82.5 Å². The highest BCUT2D eigenvalue weighted by Crippen LogP contribution is 2.45. The first-order valence-corrected chi connectivity index (χ1v) is 8.10. The Morgan fingerprint density at radius 1 is 1.29 bits per heavy atom. The van der Waals surface area contributed by atoms with E-state index < -0.39 is 17.4 Å². The second-order valence-corrected chi connectivity index (χ2v) is 6.72. The van der Waals surface area contributed by atoms with Crippen molar-refractivity contribution >= 4 is 46.0 Å². The minimum absolute atomic E-state index is 0.00973. The molecule has 1 spiro atoms. The fraction of sp³-hybridized carbons (Fsp3) is 0.429. The average molecular weight is 372 g/mol. The molecule has 2 fully saturated rings. The molecule has 3 heterocycles. The fourth-order valence-corrected chi connectivity index (χ4v) is 3.57. The first kappa shape index (κ1) is 15.6. The van der Waals surface area contributed by atoms with E-state index >= 15 is 0 Å². The van der Waals surface area contributed by atoms with Crippen LogP contribution < -0.4 is 4.90 Å². The Morgan fingerprint density at radius 2 is 2.04 bits per heavy atom. The zero-order valence-electron chi connectivity index (χ0n) is 12.3. The molecule has 2 aromatic rings. The summed E-state index contributed by atoms with van der Waals surface area (Å²) in [5, 5.41) is 9.37. The molecular weight excluding hydrogens is 360 g/mol. The number of carbonyl (C=O) groups is 1. The van der Waals surface area contributed by atoms with Crippen LogP contribution in [0.15, 0.2) is 6.20 Å². The number of rotatable bonds is 1. The predicted octanol–water partition coefficient (Wildman–Crippen LogP) is 2.80. The molecule has 2 aliphatic rings. The van der Waals surface area contributed by atoms with Crippen LogP contribution in [0.25, 0.3) is 10.9 Å². The van der Waals surface area contributed by atoms with Crippen LogP contribution in [0.5, 0.6) is 0 Å². The lowest BCUT2D eigenvalue weighted by Gasteiger charge is -2.41. The predicted molar refractivity (Wildman–Crippen MR) is 86.2 cm³/mol. The number of pyridine rings is 1. The zero-order chi connectivity index (χ0) is 17.1. The second-order valence-electron chi connectivity index (χ2n) is 6.02. The van der Waals surface area contributed by atoms with Crippen LogP contribution >= 0.6 is 23.2 Å². The minimum atomic E-state index is -0.919. The van der Waals surface area contributed by atoms with Gasteiger partial charge in [0, 0.05) is 25.8 Å². The molecule has 1 amide bonds. The molecule has 1 N–H and O–H groups in total. The average Bonchev–Trinajstić information content (AvgIpc) is 3.29. The van der Waals surface area contributed by atoms with Gasteiger partial charge in [0.1, 0.15) is 11.3 Å². The molecule has 1 saturated heterocycles. The quantitative estimate of drug-likeness (QED) is 0.612. The Morgan fingerprint density at radius 3 is 2.71 bits per heavy atom. The maximum atomic E-state index is 14.2. The first-order chi connectivity index (χ1) is 11.4. The Hall–Kier alpha value is -1.93. The summed E-state index contributed by atoms with van der Waals surface area (Å²) in [6, 6.07) is 0. The van der Waals surface area contributed by atoms with Crippen LogP contribution in [0.3, 0.4) is 0 Å². The van der Waals surface area contributed by atoms with Gasteiger partial charge in [-0.25, -0.2) is 19.2 Å². The van der Waals surface area contributed by atoms with Gasteiger partial charge in [-0.3, -0.25) is 4.90 Å². The molecule has 1 aliphatic heterocycles. The maximum absolute atomic E-state index is 14.2. The van der Waals surface area contributed by atoms with E-state index in [4.69, 9.17) is 23.2 Å². The van der Waals surface area contributed by atoms with Crippen molar-refractivity contribution in [1.29, 1.82) is 0 Å². The number of amides is 1. The number of piperazine rings is 1. The normalized spacial score (nSPS) is 19.1. The van der Waals surface area contributed by atoms with Crippen LogP contribution in [0, 0.1) is 5.82 Å². The molecule has 1 aliphatic carbocycles. The number of hydrogen-bond acceptors (Lipinski definition) is 5. The van der Waals surface area contributed by atoms with E-state index in [-0.39, 0.29) is 16.0 Å².